The van der Waals surface area contributed by atoms with Crippen LogP contribution in [0.1, 0.15) is 43.0 Å². The van der Waals surface area contributed by atoms with Gasteiger partial charge in [0.15, 0.2) is 0 Å². The quantitative estimate of drug-likeness (QED) is 0.580. The summed E-state index contributed by atoms with van der Waals surface area (Å²) in [6.07, 6.45) is 4.65. The predicted octanol–water partition coefficient (Wildman–Crippen LogP) is 5.00. The molecular weight excluding hydrogens is 410 g/mol. The third kappa shape index (κ3) is 2.90. The first-order valence-electron chi connectivity index (χ1n) is 11.2. The van der Waals surface area contributed by atoms with Crippen LogP contribution in [0.5, 0.6) is 0 Å². The molecule has 164 valence electrons. The molecule has 3 saturated carbocycles. The number of rotatable bonds is 4. The molecule has 2 atom stereocenters. The first kappa shape index (κ1) is 19.6. The van der Waals surface area contributed by atoms with Gasteiger partial charge in [-0.3, -0.25) is 9.48 Å². The van der Waals surface area contributed by atoms with Gasteiger partial charge in [0.1, 0.15) is 11.6 Å². The Morgan fingerprint density at radius 3 is 2.66 bits per heavy atom. The maximum absolute atomic E-state index is 13.8. The smallest absolute Gasteiger partial charge is 0.249 e. The summed E-state index contributed by atoms with van der Waals surface area (Å²) in [6, 6.07) is 11.2. The van der Waals surface area contributed by atoms with Gasteiger partial charge in [0.25, 0.3) is 0 Å². The second-order valence-electron chi connectivity index (χ2n) is 9.60. The molecule has 1 aromatic heterocycles. The van der Waals surface area contributed by atoms with Gasteiger partial charge in [-0.05, 0) is 61.8 Å². The molecule has 1 aliphatic heterocycles. The van der Waals surface area contributed by atoms with Crippen LogP contribution in [0.15, 0.2) is 47.6 Å². The van der Waals surface area contributed by atoms with Crippen LogP contribution in [-0.2, 0) is 11.3 Å². The van der Waals surface area contributed by atoms with Crippen LogP contribution in [0.4, 0.5) is 8.78 Å². The molecule has 0 N–H and O–H groups in total. The van der Waals surface area contributed by atoms with Crippen molar-refractivity contribution in [1.82, 2.24) is 14.8 Å². The molecule has 2 bridgehead atoms. The number of aryl methyl sites for hydroxylation is 1. The van der Waals surface area contributed by atoms with Crippen LogP contribution >= 0.6 is 0 Å². The normalized spacial score (nSPS) is 28.5. The molecule has 4 aliphatic rings. The molecule has 3 aliphatic carbocycles. The third-order valence-corrected chi connectivity index (χ3v) is 7.64. The Morgan fingerprint density at radius 2 is 1.88 bits per heavy atom. The Kier molecular flexibility index (Phi) is 4.26. The maximum Gasteiger partial charge on any atom is 0.249 e. The number of nitrogens with zero attached hydrogens (tertiary/aromatic N) is 4. The van der Waals surface area contributed by atoms with Crippen molar-refractivity contribution in [2.24, 2.45) is 22.4 Å². The van der Waals surface area contributed by atoms with Crippen LogP contribution in [0.2, 0.25) is 0 Å². The molecule has 0 radical (unpaired) electrons. The summed E-state index contributed by atoms with van der Waals surface area (Å²) in [4.78, 5) is 13.6. The summed E-state index contributed by atoms with van der Waals surface area (Å²) in [5, 5.41) is 11.7. The molecule has 1 amide bonds. The minimum absolute atomic E-state index is 0.0128. The lowest BCUT2D eigenvalue weighted by Gasteiger charge is -2.40. The SMILES string of the molecule is Cc1nn(CC2CC3(C(=O)N4N=CCC4c4cc(F)cc(F)c4)CC2C3)c2ccccc12. The van der Waals surface area contributed by atoms with Crippen LogP contribution in [0.3, 0.4) is 0 Å². The molecule has 5 nitrogen and oxygen atoms in total. The Morgan fingerprint density at radius 1 is 1.12 bits per heavy atom. The van der Waals surface area contributed by atoms with E-state index in [1.165, 1.54) is 22.5 Å². The van der Waals surface area contributed by atoms with E-state index < -0.39 is 23.1 Å². The fourth-order valence-corrected chi connectivity index (χ4v) is 6.14. The van der Waals surface area contributed by atoms with Gasteiger partial charge in [0, 0.05) is 30.6 Å². The molecule has 3 fully saturated rings. The lowest BCUT2D eigenvalue weighted by Crippen LogP contribution is -2.45. The second kappa shape index (κ2) is 6.95. The highest BCUT2D eigenvalue weighted by Crippen LogP contribution is 2.63. The van der Waals surface area contributed by atoms with Gasteiger partial charge >= 0.3 is 0 Å². The number of hydrazone groups is 1. The summed E-state index contributed by atoms with van der Waals surface area (Å²) in [5.74, 6) is -0.397. The number of hydrogen-bond acceptors (Lipinski definition) is 3. The maximum atomic E-state index is 13.8. The fourth-order valence-electron chi connectivity index (χ4n) is 6.14. The number of benzene rings is 2. The van der Waals surface area contributed by atoms with Crippen LogP contribution in [0, 0.1) is 35.8 Å². The van der Waals surface area contributed by atoms with Crippen molar-refractivity contribution < 1.29 is 13.6 Å². The van der Waals surface area contributed by atoms with Gasteiger partial charge in [0.05, 0.1) is 22.7 Å². The summed E-state index contributed by atoms with van der Waals surface area (Å²) >= 11 is 0. The number of carbonyl (C=O) groups excluding carboxylic acids is 1. The highest BCUT2D eigenvalue weighted by Gasteiger charge is 2.62. The Hall–Kier alpha value is -3.09. The van der Waals surface area contributed by atoms with E-state index in [0.29, 0.717) is 23.8 Å². The molecular formula is C25H24F2N4O. The third-order valence-electron chi connectivity index (χ3n) is 7.64. The minimum Gasteiger partial charge on any atom is -0.272 e. The van der Waals surface area contributed by atoms with E-state index in [2.05, 4.69) is 21.9 Å². The molecule has 2 aromatic carbocycles. The molecule has 3 aromatic rings. The second-order valence-corrected chi connectivity index (χ2v) is 9.60. The lowest BCUT2D eigenvalue weighted by molar-refractivity contribution is -0.148. The van der Waals surface area contributed by atoms with E-state index in [-0.39, 0.29) is 5.91 Å². The number of amides is 1. The molecule has 2 unspecified atom stereocenters. The molecule has 32 heavy (non-hydrogen) atoms. The number of para-hydroxylation sites is 1. The molecule has 0 spiro atoms. The number of halogens is 2. The van der Waals surface area contributed by atoms with E-state index in [9.17, 15) is 13.6 Å². The van der Waals surface area contributed by atoms with E-state index in [0.717, 1.165) is 43.1 Å². The Bertz CT molecular complexity index is 1240. The van der Waals surface area contributed by atoms with Gasteiger partial charge in [-0.1, -0.05) is 18.2 Å². The van der Waals surface area contributed by atoms with Crippen molar-refractivity contribution in [3.05, 3.63) is 65.4 Å². The van der Waals surface area contributed by atoms with Crippen molar-refractivity contribution in [3.8, 4) is 0 Å². The van der Waals surface area contributed by atoms with Crippen molar-refractivity contribution in [1.29, 1.82) is 0 Å². The van der Waals surface area contributed by atoms with E-state index >= 15 is 0 Å². The van der Waals surface area contributed by atoms with Crippen LogP contribution in [0.25, 0.3) is 10.9 Å². The zero-order valence-corrected chi connectivity index (χ0v) is 17.8. The average molecular weight is 434 g/mol. The standard InChI is InChI=1S/C25H24F2N4O/c1-15-21-4-2-3-5-23(21)30(29-15)14-18-13-25(11-17(18)12-25)24(32)31-22(6-7-28-31)16-8-19(26)10-20(27)9-16/h2-5,7-10,17-18,22H,6,11-14H2,1H3. The first-order valence-corrected chi connectivity index (χ1v) is 11.2. The van der Waals surface area contributed by atoms with Crippen LogP contribution < -0.4 is 0 Å². The topological polar surface area (TPSA) is 50.5 Å². The predicted molar refractivity (Wildman–Crippen MR) is 117 cm³/mol. The number of aromatic nitrogens is 2. The Balaban J connectivity index is 1.22. The molecule has 2 heterocycles. The van der Waals surface area contributed by atoms with Crippen LogP contribution in [-0.4, -0.2) is 26.9 Å². The first-order chi connectivity index (χ1) is 15.4. The van der Waals surface area contributed by atoms with Gasteiger partial charge in [0.2, 0.25) is 5.91 Å². The van der Waals surface area contributed by atoms with E-state index in [1.54, 1.807) is 6.21 Å². The molecule has 7 heteroatoms. The van der Waals surface area contributed by atoms with Crippen molar-refractivity contribution in [2.45, 2.75) is 45.2 Å². The number of fused-ring (bicyclic) bond motifs is 2. The van der Waals surface area contributed by atoms with Gasteiger partial charge < -0.3 is 0 Å². The average Bonchev–Trinajstić information content (AvgIpc) is 3.49. The largest absolute Gasteiger partial charge is 0.272 e. The van der Waals surface area contributed by atoms with E-state index in [1.807, 2.05) is 19.1 Å². The summed E-state index contributed by atoms with van der Waals surface area (Å²) in [6.45, 7) is 2.83. The fraction of sp³-hybridized carbons (Fsp3) is 0.400. The summed E-state index contributed by atoms with van der Waals surface area (Å²) in [7, 11) is 0. The summed E-state index contributed by atoms with van der Waals surface area (Å²) < 4.78 is 29.6. The zero-order valence-electron chi connectivity index (χ0n) is 17.8. The minimum atomic E-state index is -0.635. The number of carbonyl (C=O) groups is 1. The number of hydrogen-bond donors (Lipinski definition) is 0. The zero-order chi connectivity index (χ0) is 22.0. The van der Waals surface area contributed by atoms with E-state index in [4.69, 9.17) is 5.10 Å². The summed E-state index contributed by atoms with van der Waals surface area (Å²) in [5.41, 5.74) is 2.19. The molecule has 7 rings (SSSR count). The van der Waals surface area contributed by atoms with Gasteiger partial charge in [-0.15, -0.1) is 0 Å². The lowest BCUT2D eigenvalue weighted by atomic mass is 9.68. The monoisotopic (exact) mass is 434 g/mol. The van der Waals surface area contributed by atoms with Crippen molar-refractivity contribution in [3.63, 3.8) is 0 Å². The molecule has 0 saturated heterocycles. The van der Waals surface area contributed by atoms with Crippen molar-refractivity contribution >= 4 is 23.0 Å². The van der Waals surface area contributed by atoms with Crippen molar-refractivity contribution in [2.75, 3.05) is 0 Å². The highest BCUT2D eigenvalue weighted by atomic mass is 19.1. The Labute approximate surface area is 184 Å². The van der Waals surface area contributed by atoms with Gasteiger partial charge in [-0.25, -0.2) is 13.8 Å². The highest BCUT2D eigenvalue weighted by molar-refractivity contribution is 5.87. The van der Waals surface area contributed by atoms with Gasteiger partial charge in [-0.2, -0.15) is 10.2 Å².